The van der Waals surface area contributed by atoms with Crippen molar-refractivity contribution in [3.05, 3.63) is 29.8 Å². The SMILES string of the molecule is O=C(OC[C@H]1C[C@@H]1CCl)N1CCc2ccccc21. The van der Waals surface area contributed by atoms with Gasteiger partial charge in [0.05, 0.1) is 12.3 Å². The predicted octanol–water partition coefficient (Wildman–Crippen LogP) is 3.06. The Balaban J connectivity index is 1.58. The van der Waals surface area contributed by atoms with Gasteiger partial charge in [-0.3, -0.25) is 4.90 Å². The summed E-state index contributed by atoms with van der Waals surface area (Å²) in [6, 6.07) is 7.99. The van der Waals surface area contributed by atoms with E-state index in [9.17, 15) is 4.79 Å². The molecule has 2 atom stereocenters. The molecule has 96 valence electrons. The van der Waals surface area contributed by atoms with Crippen molar-refractivity contribution in [1.29, 1.82) is 0 Å². The fourth-order valence-corrected chi connectivity index (χ4v) is 2.87. The lowest BCUT2D eigenvalue weighted by Crippen LogP contribution is -2.30. The molecule has 0 spiro atoms. The van der Waals surface area contributed by atoms with E-state index in [0.717, 1.165) is 25.1 Å². The summed E-state index contributed by atoms with van der Waals surface area (Å²) in [7, 11) is 0. The van der Waals surface area contributed by atoms with Gasteiger partial charge in [0.2, 0.25) is 0 Å². The van der Waals surface area contributed by atoms with Gasteiger partial charge in [0, 0.05) is 12.4 Å². The molecule has 1 fully saturated rings. The van der Waals surface area contributed by atoms with Gasteiger partial charge in [0.25, 0.3) is 0 Å². The van der Waals surface area contributed by atoms with Gasteiger partial charge in [-0.1, -0.05) is 18.2 Å². The minimum Gasteiger partial charge on any atom is -0.449 e. The summed E-state index contributed by atoms with van der Waals surface area (Å²) < 4.78 is 5.37. The Labute approximate surface area is 112 Å². The number of carbonyl (C=O) groups excluding carboxylic acids is 1. The van der Waals surface area contributed by atoms with Crippen LogP contribution in [0.1, 0.15) is 12.0 Å². The van der Waals surface area contributed by atoms with Crippen LogP contribution in [-0.4, -0.2) is 25.1 Å². The fourth-order valence-electron chi connectivity index (χ4n) is 2.49. The number of anilines is 1. The Bertz CT molecular complexity index is 463. The highest BCUT2D eigenvalue weighted by Crippen LogP contribution is 2.39. The Morgan fingerprint density at radius 1 is 1.39 bits per heavy atom. The van der Waals surface area contributed by atoms with E-state index >= 15 is 0 Å². The molecule has 1 aliphatic heterocycles. The molecular formula is C14H16ClNO2. The number of ether oxygens (including phenoxy) is 1. The van der Waals surface area contributed by atoms with Crippen molar-refractivity contribution < 1.29 is 9.53 Å². The van der Waals surface area contributed by atoms with E-state index < -0.39 is 0 Å². The van der Waals surface area contributed by atoms with E-state index in [1.807, 2.05) is 18.2 Å². The van der Waals surface area contributed by atoms with Crippen LogP contribution in [0.4, 0.5) is 10.5 Å². The third-order valence-electron chi connectivity index (χ3n) is 3.80. The van der Waals surface area contributed by atoms with Crippen LogP contribution in [-0.2, 0) is 11.2 Å². The molecule has 3 rings (SSSR count). The molecule has 1 amide bonds. The molecule has 0 N–H and O–H groups in total. The number of alkyl halides is 1. The Hall–Kier alpha value is -1.22. The zero-order valence-corrected chi connectivity index (χ0v) is 10.9. The summed E-state index contributed by atoms with van der Waals surface area (Å²) >= 11 is 5.75. The monoisotopic (exact) mass is 265 g/mol. The van der Waals surface area contributed by atoms with Crippen LogP contribution in [0.3, 0.4) is 0 Å². The molecule has 1 saturated carbocycles. The van der Waals surface area contributed by atoms with Gasteiger partial charge < -0.3 is 4.74 Å². The van der Waals surface area contributed by atoms with Crippen LogP contribution in [0, 0.1) is 11.8 Å². The molecule has 0 bridgehead atoms. The van der Waals surface area contributed by atoms with Crippen LogP contribution in [0.15, 0.2) is 24.3 Å². The van der Waals surface area contributed by atoms with E-state index in [1.165, 1.54) is 5.56 Å². The minimum atomic E-state index is -0.222. The molecule has 18 heavy (non-hydrogen) atoms. The largest absolute Gasteiger partial charge is 0.449 e. The van der Waals surface area contributed by atoms with Crippen LogP contribution in [0.2, 0.25) is 0 Å². The van der Waals surface area contributed by atoms with Crippen molar-refractivity contribution in [2.75, 3.05) is 23.9 Å². The van der Waals surface area contributed by atoms with Crippen molar-refractivity contribution in [1.82, 2.24) is 0 Å². The zero-order chi connectivity index (χ0) is 12.5. The van der Waals surface area contributed by atoms with Crippen molar-refractivity contribution in [3.8, 4) is 0 Å². The maximum atomic E-state index is 12.0. The van der Waals surface area contributed by atoms with Gasteiger partial charge in [-0.15, -0.1) is 11.6 Å². The van der Waals surface area contributed by atoms with Crippen molar-refractivity contribution in [2.24, 2.45) is 11.8 Å². The maximum Gasteiger partial charge on any atom is 0.414 e. The highest BCUT2D eigenvalue weighted by Gasteiger charge is 2.37. The number of carbonyl (C=O) groups is 1. The van der Waals surface area contributed by atoms with Gasteiger partial charge >= 0.3 is 6.09 Å². The zero-order valence-electron chi connectivity index (χ0n) is 10.1. The Morgan fingerprint density at radius 3 is 3.00 bits per heavy atom. The lowest BCUT2D eigenvalue weighted by molar-refractivity contribution is 0.147. The standard InChI is InChI=1S/C14H16ClNO2/c15-8-11-7-12(11)9-18-14(17)16-6-5-10-3-1-2-4-13(10)16/h1-4,11-12H,5-9H2/t11-,12-/m1/s1. The van der Waals surface area contributed by atoms with Gasteiger partial charge in [-0.25, -0.2) is 4.79 Å². The average molecular weight is 266 g/mol. The van der Waals surface area contributed by atoms with Crippen molar-refractivity contribution >= 4 is 23.4 Å². The minimum absolute atomic E-state index is 0.222. The van der Waals surface area contributed by atoms with Crippen LogP contribution >= 0.6 is 11.6 Å². The number of hydrogen-bond donors (Lipinski definition) is 0. The molecule has 0 radical (unpaired) electrons. The van der Waals surface area contributed by atoms with E-state index in [2.05, 4.69) is 6.07 Å². The molecule has 1 heterocycles. The summed E-state index contributed by atoms with van der Waals surface area (Å²) in [5.74, 6) is 1.70. The topological polar surface area (TPSA) is 29.5 Å². The number of fused-ring (bicyclic) bond motifs is 1. The summed E-state index contributed by atoms with van der Waals surface area (Å²) in [4.78, 5) is 13.7. The van der Waals surface area contributed by atoms with Gasteiger partial charge in [-0.2, -0.15) is 0 Å². The number of benzene rings is 1. The Morgan fingerprint density at radius 2 is 2.22 bits per heavy atom. The Kier molecular flexibility index (Phi) is 3.16. The third-order valence-corrected chi connectivity index (χ3v) is 4.19. The summed E-state index contributed by atoms with van der Waals surface area (Å²) in [6.07, 6.45) is 1.78. The van der Waals surface area contributed by atoms with Crippen molar-refractivity contribution in [3.63, 3.8) is 0 Å². The molecule has 0 unspecified atom stereocenters. The number of nitrogens with zero attached hydrogens (tertiary/aromatic N) is 1. The molecule has 1 aliphatic carbocycles. The molecule has 1 aromatic carbocycles. The third kappa shape index (κ3) is 2.19. The number of rotatable bonds is 3. The smallest absolute Gasteiger partial charge is 0.414 e. The maximum absolute atomic E-state index is 12.0. The van der Waals surface area contributed by atoms with Crippen LogP contribution < -0.4 is 4.90 Å². The number of amides is 1. The first-order chi connectivity index (χ1) is 8.79. The molecule has 0 saturated heterocycles. The quantitative estimate of drug-likeness (QED) is 0.786. The average Bonchev–Trinajstić information content (AvgIpc) is 3.04. The van der Waals surface area contributed by atoms with Gasteiger partial charge in [0.1, 0.15) is 0 Å². The number of halogens is 1. The second kappa shape index (κ2) is 4.81. The molecule has 0 aromatic heterocycles. The first-order valence-corrected chi connectivity index (χ1v) is 6.91. The first kappa shape index (κ1) is 11.8. The molecule has 1 aromatic rings. The molecule has 4 heteroatoms. The lowest BCUT2D eigenvalue weighted by atomic mass is 10.2. The highest BCUT2D eigenvalue weighted by molar-refractivity contribution is 6.18. The summed E-state index contributed by atoms with van der Waals surface area (Å²) in [5.41, 5.74) is 2.21. The predicted molar refractivity (Wildman–Crippen MR) is 71.2 cm³/mol. The van der Waals surface area contributed by atoms with E-state index in [-0.39, 0.29) is 6.09 Å². The second-order valence-electron chi connectivity index (χ2n) is 5.02. The van der Waals surface area contributed by atoms with Crippen LogP contribution in [0.5, 0.6) is 0 Å². The summed E-state index contributed by atoms with van der Waals surface area (Å²) in [5, 5.41) is 0. The molecular weight excluding hydrogens is 250 g/mol. The van der Waals surface area contributed by atoms with Crippen LogP contribution in [0.25, 0.3) is 0 Å². The van der Waals surface area contributed by atoms with Gasteiger partial charge in [-0.05, 0) is 36.3 Å². The molecule has 3 nitrogen and oxygen atoms in total. The van der Waals surface area contributed by atoms with Crippen molar-refractivity contribution in [2.45, 2.75) is 12.8 Å². The normalized spacial score (nSPS) is 24.8. The van der Waals surface area contributed by atoms with E-state index in [0.29, 0.717) is 24.3 Å². The van der Waals surface area contributed by atoms with E-state index in [1.54, 1.807) is 4.90 Å². The molecule has 2 aliphatic rings. The highest BCUT2D eigenvalue weighted by atomic mass is 35.5. The second-order valence-corrected chi connectivity index (χ2v) is 5.33. The number of hydrogen-bond acceptors (Lipinski definition) is 2. The lowest BCUT2D eigenvalue weighted by Gasteiger charge is -2.16. The fraction of sp³-hybridized carbons (Fsp3) is 0.500. The number of para-hydroxylation sites is 1. The van der Waals surface area contributed by atoms with Gasteiger partial charge in [0.15, 0.2) is 0 Å². The summed E-state index contributed by atoms with van der Waals surface area (Å²) in [6.45, 7) is 1.23. The van der Waals surface area contributed by atoms with E-state index in [4.69, 9.17) is 16.3 Å². The first-order valence-electron chi connectivity index (χ1n) is 6.37.